The second-order valence-electron chi connectivity index (χ2n) is 4.78. The number of primary amides is 1. The van der Waals surface area contributed by atoms with Crippen LogP contribution < -0.4 is 16.2 Å². The van der Waals surface area contributed by atoms with Crippen molar-refractivity contribution in [3.8, 4) is 5.88 Å². The maximum absolute atomic E-state index is 11.1. The van der Waals surface area contributed by atoms with Crippen LogP contribution in [0.4, 0.5) is 5.69 Å². The summed E-state index contributed by atoms with van der Waals surface area (Å²) in [7, 11) is 0. The molecule has 100 valence electrons. The minimum Gasteiger partial charge on any atom is -0.475 e. The number of hydrogen-bond donors (Lipinski definition) is 2. The molecule has 0 spiro atoms. The monoisotopic (exact) mass is 253 g/mol. The van der Waals surface area contributed by atoms with Crippen LogP contribution in [-0.4, -0.2) is 29.7 Å². The summed E-state index contributed by atoms with van der Waals surface area (Å²) in [5.41, 5.74) is 11.0. The van der Waals surface area contributed by atoms with E-state index in [-0.39, 0.29) is 16.9 Å². The number of amides is 1. The van der Waals surface area contributed by atoms with Gasteiger partial charge in [0, 0.05) is 6.07 Å². The number of rotatable bonds is 5. The van der Waals surface area contributed by atoms with Crippen molar-refractivity contribution in [2.24, 2.45) is 5.73 Å². The molecule has 0 saturated heterocycles. The molecule has 0 bridgehead atoms. The van der Waals surface area contributed by atoms with E-state index in [4.69, 9.17) is 20.9 Å². The highest BCUT2D eigenvalue weighted by molar-refractivity contribution is 5.97. The molecule has 0 aliphatic carbocycles. The maximum Gasteiger partial charge on any atom is 0.251 e. The van der Waals surface area contributed by atoms with Crippen molar-refractivity contribution >= 4 is 11.6 Å². The van der Waals surface area contributed by atoms with Gasteiger partial charge in [0.25, 0.3) is 5.91 Å². The van der Waals surface area contributed by atoms with E-state index in [1.165, 1.54) is 12.3 Å². The molecular weight excluding hydrogens is 234 g/mol. The third kappa shape index (κ3) is 4.58. The van der Waals surface area contributed by atoms with Gasteiger partial charge >= 0.3 is 0 Å². The van der Waals surface area contributed by atoms with Crippen LogP contribution in [0.1, 0.15) is 31.1 Å². The molecular formula is C12H19N3O3. The molecule has 6 nitrogen and oxygen atoms in total. The average Bonchev–Trinajstić information content (AvgIpc) is 2.24. The van der Waals surface area contributed by atoms with Crippen molar-refractivity contribution in [3.63, 3.8) is 0 Å². The minimum atomic E-state index is -0.606. The Balaban J connectivity index is 2.53. The predicted octanol–water partition coefficient (Wildman–Crippen LogP) is 0.957. The Labute approximate surface area is 106 Å². The smallest absolute Gasteiger partial charge is 0.251 e. The summed E-state index contributed by atoms with van der Waals surface area (Å²) in [4.78, 5) is 15.0. The quantitative estimate of drug-likeness (QED) is 0.761. The average molecular weight is 253 g/mol. The molecule has 0 radical (unpaired) electrons. The van der Waals surface area contributed by atoms with E-state index < -0.39 is 5.91 Å². The van der Waals surface area contributed by atoms with Gasteiger partial charge in [0.15, 0.2) is 0 Å². The van der Waals surface area contributed by atoms with E-state index in [0.29, 0.717) is 19.1 Å². The van der Waals surface area contributed by atoms with Crippen molar-refractivity contribution < 1.29 is 14.3 Å². The molecule has 0 unspecified atom stereocenters. The standard InChI is InChI=1S/C12H19N3O3/c1-12(2,3)18-5-4-17-10-6-8(11(14)16)9(13)7-15-10/h6-7H,4-5,13H2,1-3H3,(H2,14,16). The van der Waals surface area contributed by atoms with Crippen molar-refractivity contribution in [3.05, 3.63) is 17.8 Å². The molecule has 0 fully saturated rings. The largest absolute Gasteiger partial charge is 0.475 e. The van der Waals surface area contributed by atoms with Crippen LogP contribution in [0.5, 0.6) is 5.88 Å². The van der Waals surface area contributed by atoms with Crippen molar-refractivity contribution in [1.29, 1.82) is 0 Å². The number of anilines is 1. The molecule has 1 heterocycles. The molecule has 0 saturated carbocycles. The Morgan fingerprint density at radius 2 is 2.06 bits per heavy atom. The first kappa shape index (κ1) is 14.2. The van der Waals surface area contributed by atoms with Crippen molar-refractivity contribution in [1.82, 2.24) is 4.98 Å². The molecule has 0 atom stereocenters. The molecule has 1 amide bonds. The Kier molecular flexibility index (Phi) is 4.49. The van der Waals surface area contributed by atoms with Crippen molar-refractivity contribution in [2.45, 2.75) is 26.4 Å². The summed E-state index contributed by atoms with van der Waals surface area (Å²) in [6.45, 7) is 6.65. The molecule has 0 aliphatic heterocycles. The van der Waals surface area contributed by atoms with Gasteiger partial charge in [0.2, 0.25) is 5.88 Å². The highest BCUT2D eigenvalue weighted by Gasteiger charge is 2.11. The fraction of sp³-hybridized carbons (Fsp3) is 0.500. The SMILES string of the molecule is CC(C)(C)OCCOc1cc(C(N)=O)c(N)cn1. The first-order valence-electron chi connectivity index (χ1n) is 5.61. The summed E-state index contributed by atoms with van der Waals surface area (Å²) in [5, 5.41) is 0. The van der Waals surface area contributed by atoms with E-state index in [2.05, 4.69) is 4.98 Å². The molecule has 18 heavy (non-hydrogen) atoms. The molecule has 0 aromatic carbocycles. The van der Waals surface area contributed by atoms with Gasteiger partial charge in [-0.2, -0.15) is 0 Å². The van der Waals surface area contributed by atoms with Gasteiger partial charge in [0.1, 0.15) is 6.61 Å². The summed E-state index contributed by atoms with van der Waals surface area (Å²) in [6.07, 6.45) is 1.35. The molecule has 1 aromatic heterocycles. The van der Waals surface area contributed by atoms with Crippen LogP contribution in [-0.2, 0) is 4.74 Å². The fourth-order valence-corrected chi connectivity index (χ4v) is 1.23. The summed E-state index contributed by atoms with van der Waals surface area (Å²) >= 11 is 0. The lowest BCUT2D eigenvalue weighted by Gasteiger charge is -2.19. The Bertz CT molecular complexity index is 427. The van der Waals surface area contributed by atoms with Gasteiger partial charge in [-0.05, 0) is 20.8 Å². The summed E-state index contributed by atoms with van der Waals surface area (Å²) in [5.74, 6) is -0.304. The molecule has 6 heteroatoms. The zero-order valence-corrected chi connectivity index (χ0v) is 10.9. The van der Waals surface area contributed by atoms with Gasteiger partial charge in [-0.25, -0.2) is 4.98 Å². The van der Waals surface area contributed by atoms with Crippen LogP contribution in [0, 0.1) is 0 Å². The Hall–Kier alpha value is -1.82. The second kappa shape index (κ2) is 5.68. The molecule has 1 aromatic rings. The van der Waals surface area contributed by atoms with Crippen LogP contribution in [0.2, 0.25) is 0 Å². The van der Waals surface area contributed by atoms with Crippen molar-refractivity contribution in [2.75, 3.05) is 18.9 Å². The number of pyridine rings is 1. The van der Waals surface area contributed by atoms with Crippen LogP contribution >= 0.6 is 0 Å². The van der Waals surface area contributed by atoms with Gasteiger partial charge < -0.3 is 20.9 Å². The fourth-order valence-electron chi connectivity index (χ4n) is 1.23. The molecule has 4 N–H and O–H groups in total. The number of carbonyl (C=O) groups excluding carboxylic acids is 1. The predicted molar refractivity (Wildman–Crippen MR) is 68.4 cm³/mol. The van der Waals surface area contributed by atoms with E-state index >= 15 is 0 Å². The molecule has 1 rings (SSSR count). The highest BCUT2D eigenvalue weighted by Crippen LogP contribution is 2.16. The summed E-state index contributed by atoms with van der Waals surface area (Å²) in [6, 6.07) is 1.43. The van der Waals surface area contributed by atoms with Crippen LogP contribution in [0.15, 0.2) is 12.3 Å². The van der Waals surface area contributed by atoms with Crippen LogP contribution in [0.25, 0.3) is 0 Å². The van der Waals surface area contributed by atoms with Gasteiger partial charge in [-0.15, -0.1) is 0 Å². The van der Waals surface area contributed by atoms with E-state index in [9.17, 15) is 4.79 Å². The number of ether oxygens (including phenoxy) is 2. The topological polar surface area (TPSA) is 100 Å². The first-order chi connectivity index (χ1) is 8.29. The van der Waals surface area contributed by atoms with E-state index in [1.807, 2.05) is 20.8 Å². The number of nitrogens with zero attached hydrogens (tertiary/aromatic N) is 1. The van der Waals surface area contributed by atoms with E-state index in [1.54, 1.807) is 0 Å². The zero-order chi connectivity index (χ0) is 13.8. The number of carbonyl (C=O) groups is 1. The third-order valence-electron chi connectivity index (χ3n) is 2.04. The normalized spacial score (nSPS) is 11.3. The maximum atomic E-state index is 11.1. The lowest BCUT2D eigenvalue weighted by Crippen LogP contribution is -2.22. The number of nitrogen functional groups attached to an aromatic ring is 1. The zero-order valence-electron chi connectivity index (χ0n) is 10.9. The van der Waals surface area contributed by atoms with Gasteiger partial charge in [0.05, 0.1) is 29.7 Å². The lowest BCUT2D eigenvalue weighted by atomic mass is 10.2. The number of hydrogen-bond acceptors (Lipinski definition) is 5. The second-order valence-corrected chi connectivity index (χ2v) is 4.78. The minimum absolute atomic E-state index is 0.205. The van der Waals surface area contributed by atoms with E-state index in [0.717, 1.165) is 0 Å². The highest BCUT2D eigenvalue weighted by atomic mass is 16.5. The van der Waals surface area contributed by atoms with Gasteiger partial charge in [-0.3, -0.25) is 4.79 Å². The van der Waals surface area contributed by atoms with Crippen LogP contribution in [0.3, 0.4) is 0 Å². The Morgan fingerprint density at radius 1 is 1.39 bits per heavy atom. The lowest BCUT2D eigenvalue weighted by molar-refractivity contribution is -0.0168. The third-order valence-corrected chi connectivity index (χ3v) is 2.04. The Morgan fingerprint density at radius 3 is 2.61 bits per heavy atom. The molecule has 0 aliphatic rings. The van der Waals surface area contributed by atoms with Gasteiger partial charge in [-0.1, -0.05) is 0 Å². The summed E-state index contributed by atoms with van der Waals surface area (Å²) < 4.78 is 10.8. The number of aromatic nitrogens is 1. The first-order valence-corrected chi connectivity index (χ1v) is 5.61. The number of nitrogens with two attached hydrogens (primary N) is 2.